The quantitative estimate of drug-likeness (QED) is 0.867. The zero-order chi connectivity index (χ0) is 14.9. The molecule has 0 fully saturated rings. The molecule has 2 aromatic rings. The van der Waals surface area contributed by atoms with Gasteiger partial charge in [0.2, 0.25) is 0 Å². The van der Waals surface area contributed by atoms with Crippen molar-refractivity contribution in [3.8, 4) is 5.69 Å². The molecule has 0 atom stereocenters. The highest BCUT2D eigenvalue weighted by Crippen LogP contribution is 2.15. The van der Waals surface area contributed by atoms with Crippen molar-refractivity contribution in [3.63, 3.8) is 0 Å². The van der Waals surface area contributed by atoms with Gasteiger partial charge in [0.1, 0.15) is 16.5 Å². The summed E-state index contributed by atoms with van der Waals surface area (Å²) >= 11 is 4.79. The zero-order valence-corrected chi connectivity index (χ0v) is 11.8. The van der Waals surface area contributed by atoms with E-state index in [-0.39, 0.29) is 22.3 Å². The minimum Gasteiger partial charge on any atom is -0.389 e. The van der Waals surface area contributed by atoms with Gasteiger partial charge in [-0.25, -0.2) is 9.07 Å². The predicted octanol–water partition coefficient (Wildman–Crippen LogP) is 1.35. The Morgan fingerprint density at radius 3 is 2.65 bits per heavy atom. The first-order chi connectivity index (χ1) is 9.40. The Balaban J connectivity index is 2.38. The first-order valence-electron chi connectivity index (χ1n) is 5.77. The van der Waals surface area contributed by atoms with Crippen LogP contribution < -0.4 is 5.73 Å². The molecular weight excluding hydrogens is 279 g/mol. The van der Waals surface area contributed by atoms with Crippen LogP contribution in [0.3, 0.4) is 0 Å². The van der Waals surface area contributed by atoms with Gasteiger partial charge in [0.25, 0.3) is 5.91 Å². The third-order valence-electron chi connectivity index (χ3n) is 2.69. The number of nitrogens with two attached hydrogens (primary N) is 1. The minimum absolute atomic E-state index is 0.124. The Hall–Kier alpha value is -2.28. The fraction of sp³-hybridized carbons (Fsp3) is 0.154. The highest BCUT2D eigenvalue weighted by atomic mass is 32.1. The van der Waals surface area contributed by atoms with E-state index in [2.05, 4.69) is 5.10 Å². The first-order valence-corrected chi connectivity index (χ1v) is 6.18. The van der Waals surface area contributed by atoms with E-state index in [4.69, 9.17) is 18.0 Å². The van der Waals surface area contributed by atoms with Gasteiger partial charge < -0.3 is 10.6 Å². The van der Waals surface area contributed by atoms with E-state index in [1.54, 1.807) is 20.2 Å². The van der Waals surface area contributed by atoms with Gasteiger partial charge in [-0.15, -0.1) is 0 Å². The van der Waals surface area contributed by atoms with E-state index in [9.17, 15) is 9.18 Å². The topological polar surface area (TPSA) is 64.2 Å². The lowest BCUT2D eigenvalue weighted by atomic mass is 10.2. The summed E-state index contributed by atoms with van der Waals surface area (Å²) in [6.07, 6.45) is 1.52. The molecule has 0 aliphatic heterocycles. The van der Waals surface area contributed by atoms with Gasteiger partial charge in [-0.1, -0.05) is 12.2 Å². The molecule has 0 saturated heterocycles. The number of benzene rings is 1. The van der Waals surface area contributed by atoms with Crippen molar-refractivity contribution in [3.05, 3.63) is 47.5 Å². The number of thiocarbonyl (C=S) groups is 1. The summed E-state index contributed by atoms with van der Waals surface area (Å²) in [5.74, 6) is -0.758. The SMILES string of the molecule is CN(C)C(=O)c1ccn(-c2ccc(C(N)=S)cc2F)n1. The van der Waals surface area contributed by atoms with Crippen LogP contribution in [-0.4, -0.2) is 39.7 Å². The minimum atomic E-state index is -0.512. The first kappa shape index (κ1) is 14.1. The third-order valence-corrected chi connectivity index (χ3v) is 2.93. The van der Waals surface area contributed by atoms with Gasteiger partial charge in [0, 0.05) is 25.9 Å². The lowest BCUT2D eigenvalue weighted by molar-refractivity contribution is 0.0821. The largest absolute Gasteiger partial charge is 0.389 e. The molecule has 0 saturated carbocycles. The molecular formula is C13H13FN4OS. The molecule has 0 spiro atoms. The van der Waals surface area contributed by atoms with Crippen LogP contribution in [0.1, 0.15) is 16.1 Å². The molecule has 0 aliphatic carbocycles. The Bertz CT molecular complexity index is 681. The molecule has 1 amide bonds. The maximum Gasteiger partial charge on any atom is 0.273 e. The van der Waals surface area contributed by atoms with Crippen LogP contribution in [0.25, 0.3) is 5.69 Å². The second-order valence-electron chi connectivity index (χ2n) is 4.38. The molecule has 7 heteroatoms. The molecule has 104 valence electrons. The molecule has 0 bridgehead atoms. The van der Waals surface area contributed by atoms with Crippen LogP contribution in [0.2, 0.25) is 0 Å². The number of hydrogen-bond donors (Lipinski definition) is 1. The van der Waals surface area contributed by atoms with E-state index >= 15 is 0 Å². The maximum absolute atomic E-state index is 14.0. The maximum atomic E-state index is 14.0. The fourth-order valence-corrected chi connectivity index (χ4v) is 1.77. The number of carbonyl (C=O) groups is 1. The molecule has 0 unspecified atom stereocenters. The molecule has 1 aromatic carbocycles. The Morgan fingerprint density at radius 1 is 1.40 bits per heavy atom. The highest BCUT2D eigenvalue weighted by molar-refractivity contribution is 7.80. The number of halogens is 1. The molecule has 0 aliphatic rings. The van der Waals surface area contributed by atoms with Crippen LogP contribution in [0.4, 0.5) is 4.39 Å². The summed E-state index contributed by atoms with van der Waals surface area (Å²) in [6, 6.07) is 5.90. The zero-order valence-electron chi connectivity index (χ0n) is 11.0. The number of nitrogens with zero attached hydrogens (tertiary/aromatic N) is 3. The van der Waals surface area contributed by atoms with Crippen LogP contribution in [-0.2, 0) is 0 Å². The number of carbonyl (C=O) groups excluding carboxylic acids is 1. The molecule has 2 rings (SSSR count). The summed E-state index contributed by atoms with van der Waals surface area (Å²) in [7, 11) is 3.25. The van der Waals surface area contributed by atoms with Crippen molar-refractivity contribution in [1.82, 2.24) is 14.7 Å². The summed E-state index contributed by atoms with van der Waals surface area (Å²) < 4.78 is 15.3. The van der Waals surface area contributed by atoms with Crippen molar-refractivity contribution in [1.29, 1.82) is 0 Å². The average molecular weight is 292 g/mol. The van der Waals surface area contributed by atoms with E-state index in [1.807, 2.05) is 0 Å². The van der Waals surface area contributed by atoms with Gasteiger partial charge in [0.05, 0.1) is 0 Å². The summed E-state index contributed by atoms with van der Waals surface area (Å²) in [5, 5.41) is 4.06. The standard InChI is InChI=1S/C13H13FN4OS/c1-17(2)13(19)10-5-6-18(16-10)11-4-3-8(12(15)20)7-9(11)14/h3-7H,1-2H3,(H2,15,20). The van der Waals surface area contributed by atoms with Crippen LogP contribution in [0.5, 0.6) is 0 Å². The summed E-state index contributed by atoms with van der Waals surface area (Å²) in [5.41, 5.74) is 6.35. The van der Waals surface area contributed by atoms with Crippen molar-refractivity contribution in [2.45, 2.75) is 0 Å². The monoisotopic (exact) mass is 292 g/mol. The van der Waals surface area contributed by atoms with Crippen molar-refractivity contribution < 1.29 is 9.18 Å². The molecule has 20 heavy (non-hydrogen) atoms. The van der Waals surface area contributed by atoms with Gasteiger partial charge in [0.15, 0.2) is 5.69 Å². The summed E-state index contributed by atoms with van der Waals surface area (Å²) in [6.45, 7) is 0. The molecule has 2 N–H and O–H groups in total. The number of rotatable bonds is 3. The third kappa shape index (κ3) is 2.67. The van der Waals surface area contributed by atoms with Crippen molar-refractivity contribution >= 4 is 23.1 Å². The van der Waals surface area contributed by atoms with Gasteiger partial charge >= 0.3 is 0 Å². The highest BCUT2D eigenvalue weighted by Gasteiger charge is 2.14. The van der Waals surface area contributed by atoms with Crippen LogP contribution >= 0.6 is 12.2 Å². The lowest BCUT2D eigenvalue weighted by Crippen LogP contribution is -2.22. The smallest absolute Gasteiger partial charge is 0.273 e. The summed E-state index contributed by atoms with van der Waals surface area (Å²) in [4.78, 5) is 13.3. The van der Waals surface area contributed by atoms with E-state index in [0.717, 1.165) is 0 Å². The van der Waals surface area contributed by atoms with E-state index < -0.39 is 5.82 Å². The molecule has 0 radical (unpaired) electrons. The van der Waals surface area contributed by atoms with Crippen molar-refractivity contribution in [2.24, 2.45) is 5.73 Å². The fourth-order valence-electron chi connectivity index (χ4n) is 1.65. The molecule has 5 nitrogen and oxygen atoms in total. The number of amides is 1. The number of hydrogen-bond acceptors (Lipinski definition) is 3. The Kier molecular flexibility index (Phi) is 3.80. The molecule has 1 aromatic heterocycles. The van der Waals surface area contributed by atoms with Crippen LogP contribution in [0, 0.1) is 5.82 Å². The van der Waals surface area contributed by atoms with Crippen LogP contribution in [0.15, 0.2) is 30.5 Å². The Labute approximate surface area is 120 Å². The second kappa shape index (κ2) is 5.38. The average Bonchev–Trinajstić information content (AvgIpc) is 2.86. The predicted molar refractivity (Wildman–Crippen MR) is 77.4 cm³/mol. The van der Waals surface area contributed by atoms with Gasteiger partial charge in [-0.2, -0.15) is 5.10 Å². The van der Waals surface area contributed by atoms with E-state index in [1.165, 1.54) is 34.0 Å². The second-order valence-corrected chi connectivity index (χ2v) is 4.82. The lowest BCUT2D eigenvalue weighted by Gasteiger charge is -2.07. The van der Waals surface area contributed by atoms with Crippen molar-refractivity contribution in [2.75, 3.05) is 14.1 Å². The van der Waals surface area contributed by atoms with E-state index in [0.29, 0.717) is 5.56 Å². The van der Waals surface area contributed by atoms with Gasteiger partial charge in [-0.3, -0.25) is 4.79 Å². The number of aromatic nitrogens is 2. The molecule has 1 heterocycles. The normalized spacial score (nSPS) is 10.3. The Morgan fingerprint density at radius 2 is 2.10 bits per heavy atom. The van der Waals surface area contributed by atoms with Gasteiger partial charge in [-0.05, 0) is 24.3 Å².